The number of nitrogens with one attached hydrogen (secondary N) is 3. The summed E-state index contributed by atoms with van der Waals surface area (Å²) >= 11 is 0. The number of aromatic nitrogens is 2. The molecule has 2 saturated heterocycles. The predicted octanol–water partition coefficient (Wildman–Crippen LogP) is 3.53. The molecule has 3 aromatic rings. The molecule has 240 valence electrons. The van der Waals surface area contributed by atoms with Gasteiger partial charge in [-0.1, -0.05) is 24.3 Å². The summed E-state index contributed by atoms with van der Waals surface area (Å²) in [5.74, 6) is -0.0963. The zero-order valence-corrected chi connectivity index (χ0v) is 26.4. The lowest BCUT2D eigenvalue weighted by molar-refractivity contribution is -0.137. The summed E-state index contributed by atoms with van der Waals surface area (Å²) in [5, 5.41) is 15.7. The number of anilines is 1. The first-order valence-electron chi connectivity index (χ1n) is 16.0. The van der Waals surface area contributed by atoms with Gasteiger partial charge >= 0.3 is 12.1 Å². The van der Waals surface area contributed by atoms with E-state index in [9.17, 15) is 14.4 Å². The minimum Gasteiger partial charge on any atom is -0.351 e. The number of nitrogens with zero attached hydrogens (tertiary/aromatic N) is 5. The van der Waals surface area contributed by atoms with E-state index in [1.54, 1.807) is 11.3 Å². The maximum absolute atomic E-state index is 13.8. The molecule has 45 heavy (non-hydrogen) atoms. The van der Waals surface area contributed by atoms with Gasteiger partial charge in [-0.2, -0.15) is 5.10 Å². The molecule has 0 bridgehead atoms. The molecule has 0 radical (unpaired) electrons. The van der Waals surface area contributed by atoms with Gasteiger partial charge in [0.15, 0.2) is 0 Å². The number of H-pyrrole nitrogens is 1. The molecule has 2 aromatic carbocycles. The fourth-order valence-electron chi connectivity index (χ4n) is 6.96. The van der Waals surface area contributed by atoms with Crippen molar-refractivity contribution in [2.45, 2.75) is 63.6 Å². The fraction of sp³-hybridized carbons (Fsp3) is 0.515. The van der Waals surface area contributed by atoms with Crippen molar-refractivity contribution in [1.82, 2.24) is 35.3 Å². The van der Waals surface area contributed by atoms with Crippen molar-refractivity contribution in [3.05, 3.63) is 59.3 Å². The molecule has 3 aliphatic rings. The van der Waals surface area contributed by atoms with Crippen LogP contribution >= 0.6 is 0 Å². The molecule has 2 fully saturated rings. The number of carbonyl (C=O) groups excluding carboxylic acids is 3. The third-order valence-electron chi connectivity index (χ3n) is 9.56. The summed E-state index contributed by atoms with van der Waals surface area (Å²) in [6, 6.07) is 11.6. The molecule has 12 nitrogen and oxygen atoms in total. The number of amides is 4. The first-order valence-corrected chi connectivity index (χ1v) is 16.0. The van der Waals surface area contributed by atoms with Crippen molar-refractivity contribution in [2.75, 3.05) is 52.1 Å². The summed E-state index contributed by atoms with van der Waals surface area (Å²) < 4.78 is 0. The van der Waals surface area contributed by atoms with E-state index in [1.165, 1.54) is 0 Å². The second kappa shape index (κ2) is 13.5. The van der Waals surface area contributed by atoms with E-state index in [4.69, 9.17) is 4.84 Å². The van der Waals surface area contributed by atoms with Gasteiger partial charge in [0.2, 0.25) is 5.91 Å². The van der Waals surface area contributed by atoms with Gasteiger partial charge in [-0.15, -0.1) is 5.06 Å². The Hall–Kier alpha value is -4.16. The minimum absolute atomic E-state index is 0.0581. The highest BCUT2D eigenvalue weighted by Gasteiger charge is 2.33. The van der Waals surface area contributed by atoms with Crippen LogP contribution in [-0.2, 0) is 22.5 Å². The molecule has 4 heterocycles. The Bertz CT molecular complexity index is 1520. The van der Waals surface area contributed by atoms with Crippen LogP contribution < -0.4 is 10.6 Å². The molecule has 1 aromatic heterocycles. The third kappa shape index (κ3) is 7.07. The lowest BCUT2D eigenvalue weighted by Crippen LogP contribution is -2.54. The predicted molar refractivity (Wildman–Crippen MR) is 172 cm³/mol. The molecule has 4 amide bonds. The Balaban J connectivity index is 1.07. The average molecular weight is 617 g/mol. The standard InChI is InChI=1S/C33H44N8O4/c1-22-18-23(19-25-21-34-37-30(22)25)20-29(31(42)39-13-9-26(10-14-39)38(2)3)36-33(44)45-40-15-11-27(12-16-40)41-17-8-24-6-4-5-7-28(24)35-32(41)43/h4-7,18-19,21,26-27,29H,8-17,20H2,1-3H3,(H,34,37)(H,35,43)(H,36,44). The zero-order valence-electron chi connectivity index (χ0n) is 26.4. The number of hydroxylamine groups is 2. The van der Waals surface area contributed by atoms with Crippen LogP contribution in [0.4, 0.5) is 15.3 Å². The van der Waals surface area contributed by atoms with Crippen LogP contribution in [-0.4, -0.2) is 113 Å². The van der Waals surface area contributed by atoms with Crippen molar-refractivity contribution >= 4 is 34.6 Å². The summed E-state index contributed by atoms with van der Waals surface area (Å²) in [7, 11) is 4.14. The molecule has 3 aliphatic heterocycles. The van der Waals surface area contributed by atoms with Gasteiger partial charge in [-0.3, -0.25) is 9.89 Å². The normalized spacial score (nSPS) is 19.2. The Labute approximate surface area is 264 Å². The maximum Gasteiger partial charge on any atom is 0.426 e. The van der Waals surface area contributed by atoms with E-state index in [2.05, 4.69) is 45.9 Å². The molecular weight excluding hydrogens is 572 g/mol. The quantitative estimate of drug-likeness (QED) is 0.371. The zero-order chi connectivity index (χ0) is 31.5. The Morgan fingerprint density at radius 3 is 2.58 bits per heavy atom. The molecular formula is C33H44N8O4. The highest BCUT2D eigenvalue weighted by Crippen LogP contribution is 2.25. The van der Waals surface area contributed by atoms with E-state index in [-0.39, 0.29) is 18.0 Å². The van der Waals surface area contributed by atoms with Crippen LogP contribution in [0.1, 0.15) is 42.4 Å². The summed E-state index contributed by atoms with van der Waals surface area (Å²) in [5.41, 5.74) is 4.95. The number of hydrogen-bond donors (Lipinski definition) is 3. The van der Waals surface area contributed by atoms with E-state index in [1.807, 2.05) is 47.1 Å². The lowest BCUT2D eigenvalue weighted by atomic mass is 9.99. The molecule has 1 atom stereocenters. The van der Waals surface area contributed by atoms with Gasteiger partial charge in [-0.25, -0.2) is 9.59 Å². The van der Waals surface area contributed by atoms with Crippen LogP contribution in [0.5, 0.6) is 0 Å². The highest BCUT2D eigenvalue weighted by molar-refractivity contribution is 5.91. The second-order valence-corrected chi connectivity index (χ2v) is 12.7. The molecule has 0 aliphatic carbocycles. The summed E-state index contributed by atoms with van der Waals surface area (Å²) in [6.45, 7) is 4.96. The molecule has 1 unspecified atom stereocenters. The first kappa shape index (κ1) is 30.8. The number of benzene rings is 2. The number of piperidine rings is 2. The van der Waals surface area contributed by atoms with Crippen molar-refractivity contribution in [3.63, 3.8) is 0 Å². The molecule has 0 saturated carbocycles. The highest BCUT2D eigenvalue weighted by atomic mass is 16.7. The first-order chi connectivity index (χ1) is 21.7. The van der Waals surface area contributed by atoms with Crippen LogP contribution in [0.2, 0.25) is 0 Å². The Kier molecular flexibility index (Phi) is 9.22. The monoisotopic (exact) mass is 616 g/mol. The lowest BCUT2D eigenvalue weighted by Gasteiger charge is -2.37. The number of urea groups is 1. The number of aryl methyl sites for hydroxylation is 1. The third-order valence-corrected chi connectivity index (χ3v) is 9.56. The van der Waals surface area contributed by atoms with Crippen molar-refractivity contribution in [3.8, 4) is 0 Å². The summed E-state index contributed by atoms with van der Waals surface area (Å²) in [6.07, 6.45) is 5.43. The van der Waals surface area contributed by atoms with Crippen LogP contribution in [0.15, 0.2) is 42.6 Å². The fourth-order valence-corrected chi connectivity index (χ4v) is 6.96. The largest absolute Gasteiger partial charge is 0.426 e. The maximum atomic E-state index is 13.8. The van der Waals surface area contributed by atoms with Gasteiger partial charge < -0.3 is 30.2 Å². The number of fused-ring (bicyclic) bond motifs is 2. The molecule has 12 heteroatoms. The average Bonchev–Trinajstić information content (AvgIpc) is 3.44. The van der Waals surface area contributed by atoms with Gasteiger partial charge in [0.25, 0.3) is 0 Å². The van der Waals surface area contributed by atoms with E-state index in [0.717, 1.165) is 52.5 Å². The topological polar surface area (TPSA) is 126 Å². The molecule has 3 N–H and O–H groups in total. The number of rotatable bonds is 7. The SMILES string of the molecule is Cc1cc(CC(NC(=O)ON2CCC(N3CCc4ccccc4NC3=O)CC2)C(=O)N2CCC(N(C)C)CC2)cc2cn[nH]c12. The number of aromatic amines is 1. The smallest absolute Gasteiger partial charge is 0.351 e. The number of para-hydroxylation sites is 1. The molecule has 0 spiro atoms. The summed E-state index contributed by atoms with van der Waals surface area (Å²) in [4.78, 5) is 51.8. The van der Waals surface area contributed by atoms with Gasteiger partial charge in [0, 0.05) is 62.3 Å². The van der Waals surface area contributed by atoms with E-state index >= 15 is 0 Å². The second-order valence-electron chi connectivity index (χ2n) is 12.7. The van der Waals surface area contributed by atoms with Crippen LogP contribution in [0.25, 0.3) is 10.9 Å². The van der Waals surface area contributed by atoms with Crippen molar-refractivity contribution in [1.29, 1.82) is 0 Å². The Morgan fingerprint density at radius 2 is 1.82 bits per heavy atom. The van der Waals surface area contributed by atoms with Crippen molar-refractivity contribution in [2.24, 2.45) is 0 Å². The van der Waals surface area contributed by atoms with Gasteiger partial charge in [-0.05, 0) is 81.9 Å². The van der Waals surface area contributed by atoms with Gasteiger partial charge in [0.1, 0.15) is 6.04 Å². The van der Waals surface area contributed by atoms with Crippen molar-refractivity contribution < 1.29 is 19.2 Å². The number of likely N-dealkylation sites (tertiary alicyclic amines) is 1. The Morgan fingerprint density at radius 1 is 1.07 bits per heavy atom. The van der Waals surface area contributed by atoms with Gasteiger partial charge in [0.05, 0.1) is 11.7 Å². The minimum atomic E-state index is -0.767. The van der Waals surface area contributed by atoms with Crippen LogP contribution in [0, 0.1) is 6.92 Å². The van der Waals surface area contributed by atoms with E-state index < -0.39 is 12.1 Å². The van der Waals surface area contributed by atoms with E-state index in [0.29, 0.717) is 58.0 Å². The molecule has 6 rings (SSSR count). The van der Waals surface area contributed by atoms with Crippen LogP contribution in [0.3, 0.4) is 0 Å². The number of carbonyl (C=O) groups is 3. The number of hydrogen-bond acceptors (Lipinski definition) is 7.